The first kappa shape index (κ1) is 10.5. The van der Waals surface area contributed by atoms with E-state index in [1.165, 1.54) is 12.7 Å². The summed E-state index contributed by atoms with van der Waals surface area (Å²) in [5.41, 5.74) is 7.15. The van der Waals surface area contributed by atoms with Gasteiger partial charge in [0.1, 0.15) is 17.7 Å². The number of nitrogens with zero attached hydrogens (tertiary/aromatic N) is 3. The molecule has 1 fully saturated rings. The summed E-state index contributed by atoms with van der Waals surface area (Å²) in [4.78, 5) is 15.9. The van der Waals surface area contributed by atoms with Crippen LogP contribution in [0.15, 0.2) is 6.33 Å². The van der Waals surface area contributed by atoms with Crippen LogP contribution < -0.4 is 11.1 Å². The molecule has 1 aliphatic rings. The topological polar surface area (TPSA) is 92.5 Å². The van der Waals surface area contributed by atoms with Crippen LogP contribution >= 0.6 is 0 Å². The first-order chi connectivity index (χ1) is 8.25. The number of nitrogen functional groups attached to an aromatic ring is 1. The van der Waals surface area contributed by atoms with Crippen LogP contribution in [-0.2, 0) is 5.54 Å². The van der Waals surface area contributed by atoms with E-state index in [0.29, 0.717) is 11.5 Å². The number of aromatic nitrogens is 4. The summed E-state index contributed by atoms with van der Waals surface area (Å²) in [5, 5.41) is 3.53. The molecule has 0 saturated carbocycles. The van der Waals surface area contributed by atoms with Crippen molar-refractivity contribution >= 4 is 17.0 Å². The van der Waals surface area contributed by atoms with E-state index < -0.39 is 0 Å². The van der Waals surface area contributed by atoms with E-state index in [1.807, 2.05) is 0 Å². The van der Waals surface area contributed by atoms with Crippen LogP contribution in [0.4, 0.5) is 5.82 Å². The predicted octanol–water partition coefficient (Wildman–Crippen LogP) is 0.924. The molecule has 0 amide bonds. The highest BCUT2D eigenvalue weighted by atomic mass is 15.1. The first-order valence-electron chi connectivity index (χ1n) is 5.97. The molecule has 0 aromatic carbocycles. The Morgan fingerprint density at radius 2 is 2.35 bits per heavy atom. The lowest BCUT2D eigenvalue weighted by Crippen LogP contribution is -2.37. The number of imidazole rings is 1. The van der Waals surface area contributed by atoms with E-state index in [9.17, 15) is 0 Å². The van der Waals surface area contributed by atoms with E-state index in [0.717, 1.165) is 30.7 Å². The molecule has 2 aromatic heterocycles. The van der Waals surface area contributed by atoms with Crippen molar-refractivity contribution in [3.05, 3.63) is 12.2 Å². The lowest BCUT2D eigenvalue weighted by atomic mass is 9.93. The highest BCUT2D eigenvalue weighted by Crippen LogP contribution is 2.33. The molecule has 0 aliphatic carbocycles. The van der Waals surface area contributed by atoms with Crippen LogP contribution in [0.2, 0.25) is 0 Å². The van der Waals surface area contributed by atoms with Gasteiger partial charge in [-0.05, 0) is 25.8 Å². The number of hydrogen-bond donors (Lipinski definition) is 3. The van der Waals surface area contributed by atoms with Gasteiger partial charge in [-0.15, -0.1) is 0 Å². The Morgan fingerprint density at radius 3 is 3.00 bits per heavy atom. The second kappa shape index (κ2) is 3.66. The van der Waals surface area contributed by atoms with Gasteiger partial charge in [0, 0.05) is 0 Å². The Labute approximate surface area is 99.1 Å². The molecule has 1 saturated heterocycles. The van der Waals surface area contributed by atoms with Crippen LogP contribution in [0.1, 0.15) is 32.0 Å². The lowest BCUT2D eigenvalue weighted by Gasteiger charge is -2.25. The smallest absolute Gasteiger partial charge is 0.183 e. The van der Waals surface area contributed by atoms with Crippen molar-refractivity contribution < 1.29 is 0 Å². The third-order valence-corrected chi connectivity index (χ3v) is 3.62. The van der Waals surface area contributed by atoms with Gasteiger partial charge >= 0.3 is 0 Å². The average molecular weight is 232 g/mol. The minimum Gasteiger partial charge on any atom is -0.382 e. The fourth-order valence-electron chi connectivity index (χ4n) is 2.55. The lowest BCUT2D eigenvalue weighted by molar-refractivity contribution is 0.356. The maximum Gasteiger partial charge on any atom is 0.183 e. The van der Waals surface area contributed by atoms with Gasteiger partial charge in [0.15, 0.2) is 11.5 Å². The van der Waals surface area contributed by atoms with Crippen molar-refractivity contribution in [3.63, 3.8) is 0 Å². The number of nitrogens with two attached hydrogens (primary N) is 1. The zero-order valence-corrected chi connectivity index (χ0v) is 9.82. The van der Waals surface area contributed by atoms with E-state index >= 15 is 0 Å². The van der Waals surface area contributed by atoms with Gasteiger partial charge in [-0.3, -0.25) is 0 Å². The van der Waals surface area contributed by atoms with Crippen molar-refractivity contribution in [1.82, 2.24) is 25.3 Å². The van der Waals surface area contributed by atoms with Crippen LogP contribution in [0.25, 0.3) is 11.2 Å². The van der Waals surface area contributed by atoms with Crippen LogP contribution in [0, 0.1) is 0 Å². The van der Waals surface area contributed by atoms with Crippen molar-refractivity contribution in [2.24, 2.45) is 0 Å². The SMILES string of the molecule is CCC1(c2nc3ncnc(N)c3[nH]2)CCCN1. The molecule has 17 heavy (non-hydrogen) atoms. The summed E-state index contributed by atoms with van der Waals surface area (Å²) in [7, 11) is 0. The molecule has 4 N–H and O–H groups in total. The quantitative estimate of drug-likeness (QED) is 0.716. The Bertz CT molecular complexity index is 540. The van der Waals surface area contributed by atoms with Crippen molar-refractivity contribution in [2.75, 3.05) is 12.3 Å². The maximum absolute atomic E-state index is 5.81. The van der Waals surface area contributed by atoms with E-state index in [4.69, 9.17) is 5.73 Å². The number of fused-ring (bicyclic) bond motifs is 1. The molecule has 6 heteroatoms. The molecule has 0 bridgehead atoms. The molecule has 6 nitrogen and oxygen atoms in total. The third kappa shape index (κ3) is 1.48. The molecule has 3 rings (SSSR count). The summed E-state index contributed by atoms with van der Waals surface area (Å²) >= 11 is 0. The minimum atomic E-state index is -0.0485. The molecule has 2 aromatic rings. The Kier molecular flexibility index (Phi) is 2.25. The maximum atomic E-state index is 5.81. The molecule has 1 aliphatic heterocycles. The van der Waals surface area contributed by atoms with Crippen LogP contribution in [0.5, 0.6) is 0 Å². The van der Waals surface area contributed by atoms with E-state index in [1.54, 1.807) is 0 Å². The molecular weight excluding hydrogens is 216 g/mol. The molecule has 0 radical (unpaired) electrons. The summed E-state index contributed by atoms with van der Waals surface area (Å²) in [6, 6.07) is 0. The van der Waals surface area contributed by atoms with Gasteiger partial charge in [-0.1, -0.05) is 6.92 Å². The normalized spacial score (nSPS) is 24.5. The highest BCUT2D eigenvalue weighted by molar-refractivity contribution is 5.81. The Balaban J connectivity index is 2.14. The van der Waals surface area contributed by atoms with Gasteiger partial charge in [0.2, 0.25) is 0 Å². The third-order valence-electron chi connectivity index (χ3n) is 3.62. The molecule has 0 spiro atoms. The molecule has 1 unspecified atom stereocenters. The summed E-state index contributed by atoms with van der Waals surface area (Å²) in [5.74, 6) is 1.39. The monoisotopic (exact) mass is 232 g/mol. The average Bonchev–Trinajstić information content (AvgIpc) is 2.96. The van der Waals surface area contributed by atoms with Gasteiger partial charge in [-0.2, -0.15) is 0 Å². The first-order valence-corrected chi connectivity index (χ1v) is 5.97. The van der Waals surface area contributed by atoms with E-state index in [-0.39, 0.29) is 5.54 Å². The van der Waals surface area contributed by atoms with Crippen LogP contribution in [-0.4, -0.2) is 26.5 Å². The zero-order chi connectivity index (χ0) is 11.9. The van der Waals surface area contributed by atoms with Gasteiger partial charge in [-0.25, -0.2) is 15.0 Å². The fraction of sp³-hybridized carbons (Fsp3) is 0.545. The predicted molar refractivity (Wildman–Crippen MR) is 65.3 cm³/mol. The van der Waals surface area contributed by atoms with Crippen molar-refractivity contribution in [3.8, 4) is 0 Å². The summed E-state index contributed by atoms with van der Waals surface area (Å²) < 4.78 is 0. The number of rotatable bonds is 2. The molecule has 1 atom stereocenters. The Hall–Kier alpha value is -1.69. The second-order valence-electron chi connectivity index (χ2n) is 4.51. The van der Waals surface area contributed by atoms with Gasteiger partial charge < -0.3 is 16.0 Å². The number of H-pyrrole nitrogens is 1. The molecule has 90 valence electrons. The number of nitrogens with one attached hydrogen (secondary N) is 2. The zero-order valence-electron chi connectivity index (χ0n) is 9.82. The highest BCUT2D eigenvalue weighted by Gasteiger charge is 2.36. The van der Waals surface area contributed by atoms with Crippen LogP contribution in [0.3, 0.4) is 0 Å². The molecular formula is C11H16N6. The van der Waals surface area contributed by atoms with Crippen molar-refractivity contribution in [2.45, 2.75) is 31.7 Å². The second-order valence-corrected chi connectivity index (χ2v) is 4.51. The van der Waals surface area contributed by atoms with Gasteiger partial charge in [0.05, 0.1) is 5.54 Å². The fourth-order valence-corrected chi connectivity index (χ4v) is 2.55. The Morgan fingerprint density at radius 1 is 1.47 bits per heavy atom. The van der Waals surface area contributed by atoms with Crippen molar-refractivity contribution in [1.29, 1.82) is 0 Å². The minimum absolute atomic E-state index is 0.0485. The number of hydrogen-bond acceptors (Lipinski definition) is 5. The number of aromatic amines is 1. The largest absolute Gasteiger partial charge is 0.382 e. The standard InChI is InChI=1S/C11H16N6/c1-2-11(4-3-5-15-11)10-16-7-8(12)13-6-14-9(7)17-10/h6,15H,2-5H2,1H3,(H3,12,13,14,16,17). The van der Waals surface area contributed by atoms with E-state index in [2.05, 4.69) is 32.2 Å². The van der Waals surface area contributed by atoms with Gasteiger partial charge in [0.25, 0.3) is 0 Å². The summed E-state index contributed by atoms with van der Waals surface area (Å²) in [6.07, 6.45) is 4.71. The number of anilines is 1. The summed E-state index contributed by atoms with van der Waals surface area (Å²) in [6.45, 7) is 3.20. The molecule has 3 heterocycles.